The van der Waals surface area contributed by atoms with Crippen LogP contribution in [-0.2, 0) is 6.54 Å². The molecule has 110 valence electrons. The predicted octanol–water partition coefficient (Wildman–Crippen LogP) is 2.70. The van der Waals surface area contributed by atoms with Gasteiger partial charge in [0.15, 0.2) is 0 Å². The summed E-state index contributed by atoms with van der Waals surface area (Å²) in [6.45, 7) is 2.50. The Balaban J connectivity index is 1.98. The van der Waals surface area contributed by atoms with E-state index in [4.69, 9.17) is 9.84 Å². The fraction of sp³-hybridized carbons (Fsp3) is 0.200. The van der Waals surface area contributed by atoms with Gasteiger partial charge in [-0.25, -0.2) is 4.79 Å². The topological polar surface area (TPSA) is 68.5 Å². The summed E-state index contributed by atoms with van der Waals surface area (Å²) in [5, 5.41) is 8.80. The lowest BCUT2D eigenvalue weighted by Gasteiger charge is -2.09. The van der Waals surface area contributed by atoms with E-state index in [9.17, 15) is 9.59 Å². The van der Waals surface area contributed by atoms with E-state index in [1.807, 2.05) is 0 Å². The van der Waals surface area contributed by atoms with Crippen molar-refractivity contribution in [2.45, 2.75) is 13.5 Å². The summed E-state index contributed by atoms with van der Waals surface area (Å²) in [6, 6.07) is 7.92. The maximum atomic E-state index is 11.9. The summed E-state index contributed by atoms with van der Waals surface area (Å²) in [6.07, 6.45) is 1.71. The Kier molecular flexibility index (Phi) is 4.80. The first kappa shape index (κ1) is 15.3. The first-order valence-electron chi connectivity index (χ1n) is 6.30. The number of pyridine rings is 1. The van der Waals surface area contributed by atoms with Gasteiger partial charge in [0.05, 0.1) is 12.1 Å². The number of aromatic nitrogens is 1. The zero-order valence-corrected chi connectivity index (χ0v) is 13.0. The molecular formula is C15H14BrNO4. The van der Waals surface area contributed by atoms with Crippen LogP contribution in [0.5, 0.6) is 5.75 Å². The molecule has 0 radical (unpaired) electrons. The van der Waals surface area contributed by atoms with Crippen molar-refractivity contribution in [3.63, 3.8) is 0 Å². The Labute approximate surface area is 129 Å². The molecule has 2 rings (SSSR count). The molecule has 0 atom stereocenters. The molecule has 0 bridgehead atoms. The van der Waals surface area contributed by atoms with Gasteiger partial charge in [0.1, 0.15) is 12.4 Å². The van der Waals surface area contributed by atoms with E-state index in [1.54, 1.807) is 35.9 Å². The smallest absolute Gasteiger partial charge is 0.335 e. The van der Waals surface area contributed by atoms with Crippen molar-refractivity contribution in [1.82, 2.24) is 4.57 Å². The van der Waals surface area contributed by atoms with Crippen molar-refractivity contribution >= 4 is 21.9 Å². The second kappa shape index (κ2) is 6.58. The van der Waals surface area contributed by atoms with Gasteiger partial charge < -0.3 is 14.4 Å². The summed E-state index contributed by atoms with van der Waals surface area (Å²) >= 11 is 3.35. The molecule has 1 aromatic heterocycles. The second-order valence-corrected chi connectivity index (χ2v) is 5.43. The normalized spacial score (nSPS) is 10.4. The third-order valence-electron chi connectivity index (χ3n) is 2.93. The highest BCUT2D eigenvalue weighted by molar-refractivity contribution is 9.10. The Morgan fingerprint density at radius 2 is 2.00 bits per heavy atom. The Hall–Kier alpha value is -2.08. The van der Waals surface area contributed by atoms with Crippen LogP contribution >= 0.6 is 15.9 Å². The molecule has 5 nitrogen and oxygen atoms in total. The number of hydrogen-bond acceptors (Lipinski definition) is 3. The molecular weight excluding hydrogens is 338 g/mol. The van der Waals surface area contributed by atoms with Crippen molar-refractivity contribution in [2.75, 3.05) is 6.61 Å². The molecule has 21 heavy (non-hydrogen) atoms. The SMILES string of the molecule is Cc1cc(Br)cn(CCOc2ccc(C(=O)O)cc2)c1=O. The highest BCUT2D eigenvalue weighted by atomic mass is 79.9. The number of carboxylic acids is 1. The Morgan fingerprint density at radius 1 is 1.33 bits per heavy atom. The molecule has 0 saturated carbocycles. The van der Waals surface area contributed by atoms with Gasteiger partial charge in [0, 0.05) is 16.2 Å². The molecule has 0 aliphatic carbocycles. The van der Waals surface area contributed by atoms with Gasteiger partial charge >= 0.3 is 5.97 Å². The fourth-order valence-electron chi connectivity index (χ4n) is 1.86. The molecule has 0 aliphatic heterocycles. The van der Waals surface area contributed by atoms with Crippen molar-refractivity contribution in [1.29, 1.82) is 0 Å². The summed E-state index contributed by atoms with van der Waals surface area (Å²) < 4.78 is 7.92. The van der Waals surface area contributed by atoms with E-state index in [1.165, 1.54) is 12.1 Å². The third-order valence-corrected chi connectivity index (χ3v) is 3.37. The molecule has 6 heteroatoms. The molecule has 0 amide bonds. The summed E-state index contributed by atoms with van der Waals surface area (Å²) in [5.41, 5.74) is 0.819. The van der Waals surface area contributed by atoms with E-state index in [0.29, 0.717) is 24.5 Å². The van der Waals surface area contributed by atoms with E-state index in [-0.39, 0.29) is 11.1 Å². The number of aryl methyl sites for hydroxylation is 1. The fourth-order valence-corrected chi connectivity index (χ4v) is 2.45. The average molecular weight is 352 g/mol. The van der Waals surface area contributed by atoms with E-state index in [2.05, 4.69) is 15.9 Å². The molecule has 1 heterocycles. The Morgan fingerprint density at radius 3 is 2.62 bits per heavy atom. The first-order chi connectivity index (χ1) is 9.97. The zero-order valence-electron chi connectivity index (χ0n) is 11.4. The van der Waals surface area contributed by atoms with Gasteiger partial charge in [-0.05, 0) is 53.2 Å². The molecule has 0 fully saturated rings. The molecule has 0 saturated heterocycles. The van der Waals surface area contributed by atoms with Crippen LogP contribution in [0.25, 0.3) is 0 Å². The Bertz CT molecular complexity index is 707. The third kappa shape index (κ3) is 3.95. The van der Waals surface area contributed by atoms with Crippen LogP contribution in [-0.4, -0.2) is 22.2 Å². The number of aromatic carboxylic acids is 1. The van der Waals surface area contributed by atoms with Crippen molar-refractivity contribution in [2.24, 2.45) is 0 Å². The number of halogens is 1. The molecule has 1 aromatic carbocycles. The number of carbonyl (C=O) groups is 1. The summed E-state index contributed by atoms with van der Waals surface area (Å²) in [4.78, 5) is 22.6. The van der Waals surface area contributed by atoms with Gasteiger partial charge in [0.25, 0.3) is 5.56 Å². The lowest BCUT2D eigenvalue weighted by atomic mass is 10.2. The van der Waals surface area contributed by atoms with Gasteiger partial charge in [-0.3, -0.25) is 4.79 Å². The second-order valence-electron chi connectivity index (χ2n) is 4.52. The van der Waals surface area contributed by atoms with Gasteiger partial charge in [-0.15, -0.1) is 0 Å². The van der Waals surface area contributed by atoms with Gasteiger partial charge in [0.2, 0.25) is 0 Å². The average Bonchev–Trinajstić information content (AvgIpc) is 2.44. The van der Waals surface area contributed by atoms with Gasteiger partial charge in [-0.1, -0.05) is 0 Å². The highest BCUT2D eigenvalue weighted by Crippen LogP contribution is 2.12. The first-order valence-corrected chi connectivity index (χ1v) is 7.09. The summed E-state index contributed by atoms with van der Waals surface area (Å²) in [5.74, 6) is -0.405. The minimum Gasteiger partial charge on any atom is -0.492 e. The predicted molar refractivity (Wildman–Crippen MR) is 82.0 cm³/mol. The van der Waals surface area contributed by atoms with Crippen molar-refractivity contribution < 1.29 is 14.6 Å². The maximum Gasteiger partial charge on any atom is 0.335 e. The van der Waals surface area contributed by atoms with Crippen LogP contribution in [0, 0.1) is 6.92 Å². The number of carboxylic acid groups (broad SMARTS) is 1. The van der Waals surface area contributed by atoms with Crippen LogP contribution in [0.15, 0.2) is 45.8 Å². The number of rotatable bonds is 5. The van der Waals surface area contributed by atoms with Crippen LogP contribution in [0.1, 0.15) is 15.9 Å². The van der Waals surface area contributed by atoms with E-state index < -0.39 is 5.97 Å². The standard InChI is InChI=1S/C15H14BrNO4/c1-10-8-12(16)9-17(14(10)18)6-7-21-13-4-2-11(3-5-13)15(19)20/h2-5,8-9H,6-7H2,1H3,(H,19,20). The lowest BCUT2D eigenvalue weighted by molar-refractivity contribution is 0.0697. The van der Waals surface area contributed by atoms with Crippen LogP contribution in [0.4, 0.5) is 0 Å². The minimum absolute atomic E-state index is 0.0528. The van der Waals surface area contributed by atoms with Gasteiger partial charge in [-0.2, -0.15) is 0 Å². The van der Waals surface area contributed by atoms with E-state index >= 15 is 0 Å². The molecule has 0 spiro atoms. The number of hydrogen-bond donors (Lipinski definition) is 1. The van der Waals surface area contributed by atoms with Crippen molar-refractivity contribution in [3.8, 4) is 5.75 Å². The van der Waals surface area contributed by atoms with Crippen LogP contribution in [0.3, 0.4) is 0 Å². The number of ether oxygens (including phenoxy) is 1. The van der Waals surface area contributed by atoms with Crippen LogP contribution in [0.2, 0.25) is 0 Å². The van der Waals surface area contributed by atoms with E-state index in [0.717, 1.165) is 4.47 Å². The number of nitrogens with zero attached hydrogens (tertiary/aromatic N) is 1. The summed E-state index contributed by atoms with van der Waals surface area (Å²) in [7, 11) is 0. The molecule has 1 N–H and O–H groups in total. The maximum absolute atomic E-state index is 11.9. The van der Waals surface area contributed by atoms with Crippen LogP contribution < -0.4 is 10.3 Å². The van der Waals surface area contributed by atoms with Crippen molar-refractivity contribution in [3.05, 3.63) is 62.5 Å². The minimum atomic E-state index is -0.974. The number of benzene rings is 1. The largest absolute Gasteiger partial charge is 0.492 e. The molecule has 2 aromatic rings. The zero-order chi connectivity index (χ0) is 15.4. The molecule has 0 unspecified atom stereocenters. The molecule has 0 aliphatic rings. The highest BCUT2D eigenvalue weighted by Gasteiger charge is 2.04. The quantitative estimate of drug-likeness (QED) is 0.899. The lowest BCUT2D eigenvalue weighted by Crippen LogP contribution is -2.24. The monoisotopic (exact) mass is 351 g/mol.